The Bertz CT molecular complexity index is 1330. The molecule has 4 heteroatoms. The maximum absolute atomic E-state index is 13.3. The zero-order valence-corrected chi connectivity index (χ0v) is 20.9. The molecule has 0 fully saturated rings. The summed E-state index contributed by atoms with van der Waals surface area (Å²) in [5.74, 6) is -0.300. The van der Waals surface area contributed by atoms with Gasteiger partial charge in [-0.1, -0.05) is 100.0 Å². The van der Waals surface area contributed by atoms with Gasteiger partial charge in [-0.25, -0.2) is 9.59 Å². The molecule has 0 N–H and O–H groups in total. The van der Waals surface area contributed by atoms with Crippen LogP contribution in [0.15, 0.2) is 97.1 Å². The lowest BCUT2D eigenvalue weighted by Crippen LogP contribution is -2.16. The van der Waals surface area contributed by atoms with Crippen molar-refractivity contribution in [1.82, 2.24) is 0 Å². The van der Waals surface area contributed by atoms with Crippen LogP contribution in [0.3, 0.4) is 0 Å². The van der Waals surface area contributed by atoms with E-state index in [4.69, 9.17) is 9.47 Å². The number of rotatable bonds is 8. The van der Waals surface area contributed by atoms with Gasteiger partial charge in [0.1, 0.15) is 0 Å². The second-order valence-electron chi connectivity index (χ2n) is 8.94. The highest BCUT2D eigenvalue weighted by molar-refractivity contribution is 5.95. The summed E-state index contributed by atoms with van der Waals surface area (Å²) in [5, 5.41) is 0. The van der Waals surface area contributed by atoms with Gasteiger partial charge in [-0.15, -0.1) is 0 Å². The second kappa shape index (κ2) is 11.5. The molecule has 0 unspecified atom stereocenters. The quantitative estimate of drug-likeness (QED) is 0.191. The molecule has 4 nitrogen and oxygen atoms in total. The first-order valence-corrected chi connectivity index (χ1v) is 12.3. The monoisotopic (exact) mass is 478 g/mol. The Morgan fingerprint density at radius 1 is 0.694 bits per heavy atom. The molecule has 182 valence electrons. The molecule has 0 aliphatic heterocycles. The number of carbonyl (C=O) groups is 2. The van der Waals surface area contributed by atoms with E-state index in [9.17, 15) is 9.59 Å². The number of benzene rings is 4. The Hall–Kier alpha value is -4.18. The lowest BCUT2D eigenvalue weighted by atomic mass is 9.88. The van der Waals surface area contributed by atoms with Crippen molar-refractivity contribution in [2.75, 3.05) is 0 Å². The van der Waals surface area contributed by atoms with Gasteiger partial charge in [0.25, 0.3) is 0 Å². The Labute approximate surface area is 212 Å². The fraction of sp³-hybridized carbons (Fsp3) is 0.188. The highest BCUT2D eigenvalue weighted by Crippen LogP contribution is 2.46. The van der Waals surface area contributed by atoms with Crippen LogP contribution in [0.5, 0.6) is 11.5 Å². The summed E-state index contributed by atoms with van der Waals surface area (Å²) in [7, 11) is 0. The van der Waals surface area contributed by atoms with Crippen molar-refractivity contribution in [2.45, 2.75) is 39.5 Å². The maximum Gasteiger partial charge on any atom is 0.343 e. The third-order valence-electron chi connectivity index (χ3n) is 5.96. The first-order chi connectivity index (χ1) is 17.5. The largest absolute Gasteiger partial charge is 0.419 e. The standard InChI is InChI=1S/C32H30O4/c1-4-14-26-21-27(22(2)3)28(23-15-8-5-9-16-23)30(36-32(34)25-19-12-7-13-20-25)29(26)35-31(33)24-17-10-6-11-18-24/h5-13,15-22H,4,14H2,1-3H3. The molecule has 0 amide bonds. The minimum atomic E-state index is -0.506. The van der Waals surface area contributed by atoms with E-state index in [1.54, 1.807) is 48.5 Å². The van der Waals surface area contributed by atoms with Crippen molar-refractivity contribution in [3.8, 4) is 22.6 Å². The van der Waals surface area contributed by atoms with Crippen LogP contribution in [0.1, 0.15) is 65.0 Å². The molecule has 0 atom stereocenters. The van der Waals surface area contributed by atoms with Crippen molar-refractivity contribution in [3.63, 3.8) is 0 Å². The summed E-state index contributed by atoms with van der Waals surface area (Å²) in [6, 6.07) is 29.5. The van der Waals surface area contributed by atoms with Crippen LogP contribution in [-0.4, -0.2) is 11.9 Å². The molecule has 0 spiro atoms. The molecule has 0 saturated heterocycles. The SMILES string of the molecule is CCCc1cc(C(C)C)c(-c2ccccc2)c(OC(=O)c2ccccc2)c1OC(=O)c1ccccc1. The normalized spacial score (nSPS) is 10.8. The summed E-state index contributed by atoms with van der Waals surface area (Å²) in [6.45, 7) is 6.28. The van der Waals surface area contributed by atoms with Gasteiger partial charge in [-0.3, -0.25) is 0 Å². The molecule has 0 aliphatic rings. The zero-order chi connectivity index (χ0) is 25.5. The number of hydrogen-bond donors (Lipinski definition) is 0. The summed E-state index contributed by atoms with van der Waals surface area (Å²) >= 11 is 0. The van der Waals surface area contributed by atoms with Crippen LogP contribution < -0.4 is 9.47 Å². The molecule has 4 rings (SSSR count). The predicted octanol–water partition coefficient (Wildman–Crippen LogP) is 7.87. The second-order valence-corrected chi connectivity index (χ2v) is 8.94. The van der Waals surface area contributed by atoms with Crippen LogP contribution >= 0.6 is 0 Å². The van der Waals surface area contributed by atoms with E-state index >= 15 is 0 Å². The van der Waals surface area contributed by atoms with Crippen molar-refractivity contribution < 1.29 is 19.1 Å². The summed E-state index contributed by atoms with van der Waals surface area (Å²) in [5.41, 5.74) is 4.35. The third-order valence-corrected chi connectivity index (χ3v) is 5.96. The molecule has 0 saturated carbocycles. The van der Waals surface area contributed by atoms with E-state index in [-0.39, 0.29) is 11.7 Å². The van der Waals surface area contributed by atoms with Crippen molar-refractivity contribution in [2.24, 2.45) is 0 Å². The van der Waals surface area contributed by atoms with Crippen LogP contribution in [-0.2, 0) is 6.42 Å². The Kier molecular flexibility index (Phi) is 7.96. The average molecular weight is 479 g/mol. The summed E-state index contributed by atoms with van der Waals surface area (Å²) in [6.07, 6.45) is 1.51. The number of aryl methyl sites for hydroxylation is 1. The highest BCUT2D eigenvalue weighted by Gasteiger charge is 2.27. The van der Waals surface area contributed by atoms with Crippen LogP contribution in [0.25, 0.3) is 11.1 Å². The van der Waals surface area contributed by atoms with E-state index in [0.29, 0.717) is 23.3 Å². The van der Waals surface area contributed by atoms with Gasteiger partial charge in [0, 0.05) is 5.56 Å². The van der Waals surface area contributed by atoms with Gasteiger partial charge in [0.15, 0.2) is 11.5 Å². The van der Waals surface area contributed by atoms with Gasteiger partial charge in [0.05, 0.1) is 11.1 Å². The molecular weight excluding hydrogens is 448 g/mol. The van der Waals surface area contributed by atoms with Crippen LogP contribution in [0.4, 0.5) is 0 Å². The molecule has 0 bridgehead atoms. The van der Waals surface area contributed by atoms with Gasteiger partial charge < -0.3 is 9.47 Å². The predicted molar refractivity (Wildman–Crippen MR) is 143 cm³/mol. The summed E-state index contributed by atoms with van der Waals surface area (Å²) < 4.78 is 12.1. The first kappa shape index (κ1) is 24.9. The number of esters is 2. The number of ether oxygens (including phenoxy) is 2. The highest BCUT2D eigenvalue weighted by atomic mass is 16.6. The Morgan fingerprint density at radius 3 is 1.64 bits per heavy atom. The van der Waals surface area contributed by atoms with Crippen molar-refractivity contribution in [1.29, 1.82) is 0 Å². The van der Waals surface area contributed by atoms with E-state index in [2.05, 4.69) is 26.8 Å². The molecule has 0 radical (unpaired) electrons. The smallest absolute Gasteiger partial charge is 0.343 e. The zero-order valence-electron chi connectivity index (χ0n) is 20.9. The fourth-order valence-electron chi connectivity index (χ4n) is 4.19. The number of hydrogen-bond acceptors (Lipinski definition) is 4. The van der Waals surface area contributed by atoms with Gasteiger partial charge in [-0.2, -0.15) is 0 Å². The third kappa shape index (κ3) is 5.55. The summed E-state index contributed by atoms with van der Waals surface area (Å²) in [4.78, 5) is 26.5. The molecule has 4 aromatic rings. The molecule has 36 heavy (non-hydrogen) atoms. The minimum Gasteiger partial charge on any atom is -0.419 e. The Morgan fingerprint density at radius 2 is 1.17 bits per heavy atom. The Balaban J connectivity index is 1.95. The molecule has 0 aliphatic carbocycles. The van der Waals surface area contributed by atoms with Gasteiger partial charge in [-0.05, 0) is 53.3 Å². The van der Waals surface area contributed by atoms with E-state index < -0.39 is 11.9 Å². The first-order valence-electron chi connectivity index (χ1n) is 12.3. The van der Waals surface area contributed by atoms with Gasteiger partial charge >= 0.3 is 11.9 Å². The van der Waals surface area contributed by atoms with E-state index in [1.807, 2.05) is 42.5 Å². The van der Waals surface area contributed by atoms with Crippen LogP contribution in [0.2, 0.25) is 0 Å². The topological polar surface area (TPSA) is 52.6 Å². The number of carbonyl (C=O) groups excluding carboxylic acids is 2. The van der Waals surface area contributed by atoms with E-state index in [0.717, 1.165) is 28.7 Å². The van der Waals surface area contributed by atoms with E-state index in [1.165, 1.54) is 0 Å². The molecule has 0 aromatic heterocycles. The molecule has 0 heterocycles. The van der Waals surface area contributed by atoms with Crippen LogP contribution in [0, 0.1) is 0 Å². The molecular formula is C32H30O4. The molecule has 4 aromatic carbocycles. The van der Waals surface area contributed by atoms with Crippen molar-refractivity contribution >= 4 is 11.9 Å². The van der Waals surface area contributed by atoms with Crippen molar-refractivity contribution in [3.05, 3.63) is 119 Å². The minimum absolute atomic E-state index is 0.142. The average Bonchev–Trinajstić information content (AvgIpc) is 2.91. The maximum atomic E-state index is 13.3. The lowest BCUT2D eigenvalue weighted by Gasteiger charge is -2.23. The van der Waals surface area contributed by atoms with Gasteiger partial charge in [0.2, 0.25) is 0 Å². The fourth-order valence-corrected chi connectivity index (χ4v) is 4.19. The lowest BCUT2D eigenvalue weighted by molar-refractivity contribution is 0.0681.